The number of methoxy groups -OCH3 is 1. The smallest absolute Gasteiger partial charge is 0.308 e. The molecule has 0 saturated carbocycles. The Labute approximate surface area is 110 Å². The van der Waals surface area contributed by atoms with Crippen LogP contribution in [-0.4, -0.2) is 22.8 Å². The molecule has 0 aliphatic rings. The molecule has 19 heavy (non-hydrogen) atoms. The fraction of sp³-hybridized carbons (Fsp3) is 0.286. The van der Waals surface area contributed by atoms with E-state index in [1.807, 2.05) is 13.0 Å². The molecule has 0 atom stereocenters. The first-order chi connectivity index (χ1) is 9.06. The van der Waals surface area contributed by atoms with Crippen LogP contribution < -0.4 is 10.3 Å². The Morgan fingerprint density at radius 3 is 2.68 bits per heavy atom. The molecule has 0 unspecified atom stereocenters. The fourth-order valence-electron chi connectivity index (χ4n) is 2.14. The van der Waals surface area contributed by atoms with Gasteiger partial charge in [0.1, 0.15) is 5.75 Å². The van der Waals surface area contributed by atoms with Gasteiger partial charge in [-0.05, 0) is 30.5 Å². The average molecular weight is 261 g/mol. The number of benzene rings is 1. The maximum Gasteiger partial charge on any atom is 0.308 e. The zero-order chi connectivity index (χ0) is 14.0. The second kappa shape index (κ2) is 5.14. The van der Waals surface area contributed by atoms with E-state index in [1.165, 1.54) is 0 Å². The van der Waals surface area contributed by atoms with Crippen molar-refractivity contribution in [3.05, 3.63) is 40.2 Å². The number of fused-ring (bicyclic) bond motifs is 1. The molecule has 0 spiro atoms. The van der Waals surface area contributed by atoms with Crippen molar-refractivity contribution in [2.45, 2.75) is 19.9 Å². The number of aromatic nitrogens is 1. The van der Waals surface area contributed by atoms with Crippen molar-refractivity contribution in [2.75, 3.05) is 7.11 Å². The van der Waals surface area contributed by atoms with Crippen molar-refractivity contribution in [2.24, 2.45) is 0 Å². The molecule has 1 aromatic carbocycles. The molecule has 5 nitrogen and oxygen atoms in total. The fourth-order valence-corrected chi connectivity index (χ4v) is 2.14. The van der Waals surface area contributed by atoms with Crippen LogP contribution in [0, 0.1) is 0 Å². The number of pyridine rings is 1. The van der Waals surface area contributed by atoms with E-state index in [2.05, 4.69) is 0 Å². The molecule has 0 amide bonds. The minimum absolute atomic E-state index is 0.259. The van der Waals surface area contributed by atoms with E-state index in [1.54, 1.807) is 29.9 Å². The predicted molar refractivity (Wildman–Crippen MR) is 71.8 cm³/mol. The number of aliphatic carboxylic acids is 1. The Morgan fingerprint density at radius 2 is 2.11 bits per heavy atom. The van der Waals surface area contributed by atoms with E-state index in [9.17, 15) is 9.59 Å². The highest BCUT2D eigenvalue weighted by Crippen LogP contribution is 2.20. The number of hydrogen-bond acceptors (Lipinski definition) is 3. The summed E-state index contributed by atoms with van der Waals surface area (Å²) in [6, 6.07) is 7.03. The SMILES string of the molecule is CCn1c(=O)c(CC(=O)O)cc2ccc(OC)cc21. The van der Waals surface area contributed by atoms with E-state index in [-0.39, 0.29) is 12.0 Å². The summed E-state index contributed by atoms with van der Waals surface area (Å²) in [4.78, 5) is 23.0. The van der Waals surface area contributed by atoms with Crippen LogP contribution in [-0.2, 0) is 17.8 Å². The standard InChI is InChI=1S/C14H15NO4/c1-3-15-12-8-11(19-2)5-4-9(12)6-10(14(15)18)7-13(16)17/h4-6,8H,3,7H2,1-2H3,(H,16,17). The average Bonchev–Trinajstić information content (AvgIpc) is 2.39. The number of aryl methyl sites for hydroxylation is 1. The third-order valence-electron chi connectivity index (χ3n) is 3.04. The molecule has 2 rings (SSSR count). The normalized spacial score (nSPS) is 10.6. The maximum atomic E-state index is 12.2. The summed E-state index contributed by atoms with van der Waals surface area (Å²) in [5.41, 5.74) is 0.790. The van der Waals surface area contributed by atoms with Crippen LogP contribution in [0.3, 0.4) is 0 Å². The van der Waals surface area contributed by atoms with Gasteiger partial charge in [-0.1, -0.05) is 0 Å². The zero-order valence-corrected chi connectivity index (χ0v) is 10.8. The molecular weight excluding hydrogens is 246 g/mol. The van der Waals surface area contributed by atoms with Gasteiger partial charge in [0.2, 0.25) is 0 Å². The molecule has 0 fully saturated rings. The number of nitrogens with zero attached hydrogens (tertiary/aromatic N) is 1. The monoisotopic (exact) mass is 261 g/mol. The molecule has 0 bridgehead atoms. The summed E-state index contributed by atoms with van der Waals surface area (Å²) in [5, 5.41) is 9.67. The Kier molecular flexibility index (Phi) is 3.55. The van der Waals surface area contributed by atoms with Gasteiger partial charge >= 0.3 is 5.97 Å². The van der Waals surface area contributed by atoms with E-state index in [4.69, 9.17) is 9.84 Å². The molecule has 0 saturated heterocycles. The highest BCUT2D eigenvalue weighted by atomic mass is 16.5. The Balaban J connectivity index is 2.74. The molecule has 0 aliphatic carbocycles. The van der Waals surface area contributed by atoms with Gasteiger partial charge in [0.15, 0.2) is 0 Å². The number of carbonyl (C=O) groups is 1. The Morgan fingerprint density at radius 1 is 1.37 bits per heavy atom. The summed E-state index contributed by atoms with van der Waals surface area (Å²) in [5.74, 6) is -0.340. The Hall–Kier alpha value is -2.30. The van der Waals surface area contributed by atoms with Gasteiger partial charge in [-0.15, -0.1) is 0 Å². The van der Waals surface area contributed by atoms with Gasteiger partial charge in [-0.25, -0.2) is 0 Å². The summed E-state index contributed by atoms with van der Waals surface area (Å²) in [6.45, 7) is 2.33. The molecular formula is C14H15NO4. The summed E-state index contributed by atoms with van der Waals surface area (Å²) >= 11 is 0. The quantitative estimate of drug-likeness (QED) is 0.908. The summed E-state index contributed by atoms with van der Waals surface area (Å²) in [6.07, 6.45) is -0.263. The molecule has 1 heterocycles. The van der Waals surface area contributed by atoms with Gasteiger partial charge in [0.25, 0.3) is 5.56 Å². The first-order valence-corrected chi connectivity index (χ1v) is 5.99. The molecule has 5 heteroatoms. The lowest BCUT2D eigenvalue weighted by Crippen LogP contribution is -2.25. The number of carboxylic acids is 1. The lowest BCUT2D eigenvalue weighted by molar-refractivity contribution is -0.136. The molecule has 100 valence electrons. The van der Waals surface area contributed by atoms with Gasteiger partial charge in [0, 0.05) is 18.2 Å². The predicted octanol–water partition coefficient (Wildman–Crippen LogP) is 1.66. The van der Waals surface area contributed by atoms with Crippen molar-refractivity contribution >= 4 is 16.9 Å². The number of rotatable bonds is 4. The third kappa shape index (κ3) is 2.45. The highest BCUT2D eigenvalue weighted by Gasteiger charge is 2.11. The van der Waals surface area contributed by atoms with E-state index < -0.39 is 5.97 Å². The molecule has 1 aromatic heterocycles. The van der Waals surface area contributed by atoms with Crippen molar-refractivity contribution in [1.29, 1.82) is 0 Å². The van der Waals surface area contributed by atoms with E-state index in [0.717, 1.165) is 10.9 Å². The van der Waals surface area contributed by atoms with Crippen LogP contribution in [0.2, 0.25) is 0 Å². The lowest BCUT2D eigenvalue weighted by Gasteiger charge is -2.11. The van der Waals surface area contributed by atoms with Gasteiger partial charge in [-0.3, -0.25) is 9.59 Å². The number of carboxylic acid groups (broad SMARTS) is 1. The first-order valence-electron chi connectivity index (χ1n) is 5.99. The number of ether oxygens (including phenoxy) is 1. The second-order valence-corrected chi connectivity index (χ2v) is 4.21. The second-order valence-electron chi connectivity index (χ2n) is 4.21. The maximum absolute atomic E-state index is 12.2. The highest BCUT2D eigenvalue weighted by molar-refractivity contribution is 5.82. The number of hydrogen-bond donors (Lipinski definition) is 1. The molecule has 2 aromatic rings. The largest absolute Gasteiger partial charge is 0.497 e. The van der Waals surface area contributed by atoms with Crippen molar-refractivity contribution in [1.82, 2.24) is 4.57 Å². The lowest BCUT2D eigenvalue weighted by atomic mass is 10.1. The first kappa shape index (κ1) is 13.1. The third-order valence-corrected chi connectivity index (χ3v) is 3.04. The van der Waals surface area contributed by atoms with Crippen LogP contribution in [0.1, 0.15) is 12.5 Å². The zero-order valence-electron chi connectivity index (χ0n) is 10.8. The molecule has 1 N–H and O–H groups in total. The van der Waals surface area contributed by atoms with Crippen molar-refractivity contribution in [3.63, 3.8) is 0 Å². The van der Waals surface area contributed by atoms with Gasteiger partial charge < -0.3 is 14.4 Å². The van der Waals surface area contributed by atoms with Crippen LogP contribution in [0.5, 0.6) is 5.75 Å². The van der Waals surface area contributed by atoms with Gasteiger partial charge in [0.05, 0.1) is 19.0 Å². The summed E-state index contributed by atoms with van der Waals surface area (Å²) < 4.78 is 6.71. The minimum atomic E-state index is -1.01. The van der Waals surface area contributed by atoms with Crippen LogP contribution in [0.25, 0.3) is 10.9 Å². The van der Waals surface area contributed by atoms with Crippen LogP contribution in [0.4, 0.5) is 0 Å². The van der Waals surface area contributed by atoms with Crippen molar-refractivity contribution < 1.29 is 14.6 Å². The molecule has 0 aliphatic heterocycles. The minimum Gasteiger partial charge on any atom is -0.497 e. The van der Waals surface area contributed by atoms with Crippen LogP contribution >= 0.6 is 0 Å². The molecule has 0 radical (unpaired) electrons. The van der Waals surface area contributed by atoms with Crippen molar-refractivity contribution in [3.8, 4) is 5.75 Å². The summed E-state index contributed by atoms with van der Waals surface area (Å²) in [7, 11) is 1.56. The Bertz CT molecular complexity index is 688. The van der Waals surface area contributed by atoms with E-state index in [0.29, 0.717) is 17.9 Å². The topological polar surface area (TPSA) is 68.5 Å². The van der Waals surface area contributed by atoms with Crippen LogP contribution in [0.15, 0.2) is 29.1 Å². The van der Waals surface area contributed by atoms with Gasteiger partial charge in [-0.2, -0.15) is 0 Å². The van der Waals surface area contributed by atoms with E-state index >= 15 is 0 Å².